The van der Waals surface area contributed by atoms with Crippen LogP contribution in [0.5, 0.6) is 0 Å². The van der Waals surface area contributed by atoms with Gasteiger partial charge >= 0.3 is 0 Å². The highest BCUT2D eigenvalue weighted by Crippen LogP contribution is 2.25. The number of carbonyl (C=O) groups excluding carboxylic acids is 2. The second-order valence-corrected chi connectivity index (χ2v) is 5.98. The molecule has 1 aliphatic rings. The zero-order valence-corrected chi connectivity index (χ0v) is 11.6. The number of anilines is 1. The lowest BCUT2D eigenvalue weighted by Crippen LogP contribution is -2.44. The van der Waals surface area contributed by atoms with Gasteiger partial charge in [0.05, 0.1) is 5.92 Å². The van der Waals surface area contributed by atoms with Crippen molar-refractivity contribution in [3.05, 3.63) is 30.3 Å². The van der Waals surface area contributed by atoms with Crippen molar-refractivity contribution in [1.29, 1.82) is 0 Å². The van der Waals surface area contributed by atoms with Gasteiger partial charge in [0.15, 0.2) is 0 Å². The molecule has 1 atom stereocenters. The Morgan fingerprint density at radius 2 is 1.89 bits per heavy atom. The van der Waals surface area contributed by atoms with E-state index in [4.69, 9.17) is 0 Å². The lowest BCUT2D eigenvalue weighted by molar-refractivity contribution is -0.127. The molecule has 1 saturated heterocycles. The maximum atomic E-state index is 12.1. The smallest absolute Gasteiger partial charge is 0.227 e. The monoisotopic (exact) mass is 260 g/mol. The summed E-state index contributed by atoms with van der Waals surface area (Å²) in [5, 5.41) is 2.94. The summed E-state index contributed by atoms with van der Waals surface area (Å²) in [6.07, 6.45) is 0.288. The Morgan fingerprint density at radius 1 is 1.26 bits per heavy atom. The molecule has 2 amide bonds. The highest BCUT2D eigenvalue weighted by Gasteiger charge is 2.36. The van der Waals surface area contributed by atoms with E-state index >= 15 is 0 Å². The van der Waals surface area contributed by atoms with Crippen LogP contribution in [0.3, 0.4) is 0 Å². The number of hydrogen-bond acceptors (Lipinski definition) is 2. The van der Waals surface area contributed by atoms with Crippen molar-refractivity contribution in [2.24, 2.45) is 5.92 Å². The van der Waals surface area contributed by atoms with Crippen molar-refractivity contribution < 1.29 is 9.59 Å². The zero-order chi connectivity index (χ0) is 14.0. The SMILES string of the molecule is CC(C)(C)NC(=O)C1CC(=O)N(c2ccccc2)C1. The van der Waals surface area contributed by atoms with Crippen molar-refractivity contribution >= 4 is 17.5 Å². The molecule has 1 aromatic rings. The van der Waals surface area contributed by atoms with Gasteiger partial charge in [-0.2, -0.15) is 0 Å². The molecular weight excluding hydrogens is 240 g/mol. The number of para-hydroxylation sites is 1. The normalized spacial score (nSPS) is 19.6. The molecular formula is C15H20N2O2. The molecule has 102 valence electrons. The molecule has 0 aromatic heterocycles. The van der Waals surface area contributed by atoms with Crippen LogP contribution in [0, 0.1) is 5.92 Å². The van der Waals surface area contributed by atoms with Crippen LogP contribution >= 0.6 is 0 Å². The van der Waals surface area contributed by atoms with E-state index < -0.39 is 0 Å². The van der Waals surface area contributed by atoms with Gasteiger partial charge < -0.3 is 10.2 Å². The fraction of sp³-hybridized carbons (Fsp3) is 0.467. The van der Waals surface area contributed by atoms with E-state index in [0.717, 1.165) is 5.69 Å². The third-order valence-electron chi connectivity index (χ3n) is 3.06. The molecule has 2 rings (SSSR count). The number of rotatable bonds is 2. The number of benzene rings is 1. The van der Waals surface area contributed by atoms with Crippen molar-refractivity contribution in [2.75, 3.05) is 11.4 Å². The van der Waals surface area contributed by atoms with E-state index in [1.165, 1.54) is 0 Å². The summed E-state index contributed by atoms with van der Waals surface area (Å²) < 4.78 is 0. The fourth-order valence-corrected chi connectivity index (χ4v) is 2.21. The number of amides is 2. The predicted molar refractivity (Wildman–Crippen MR) is 74.8 cm³/mol. The minimum Gasteiger partial charge on any atom is -0.351 e. The zero-order valence-electron chi connectivity index (χ0n) is 11.6. The Balaban J connectivity index is 2.06. The first-order valence-corrected chi connectivity index (χ1v) is 6.54. The minimum atomic E-state index is -0.264. The fourth-order valence-electron chi connectivity index (χ4n) is 2.21. The van der Waals surface area contributed by atoms with Gasteiger partial charge in [0, 0.05) is 24.2 Å². The summed E-state index contributed by atoms with van der Waals surface area (Å²) in [6, 6.07) is 9.48. The summed E-state index contributed by atoms with van der Waals surface area (Å²) in [5.41, 5.74) is 0.596. The molecule has 0 aliphatic carbocycles. The van der Waals surface area contributed by atoms with E-state index in [1.807, 2.05) is 51.1 Å². The lowest BCUT2D eigenvalue weighted by Gasteiger charge is -2.23. The number of nitrogens with one attached hydrogen (secondary N) is 1. The predicted octanol–water partition coefficient (Wildman–Crippen LogP) is 1.95. The Bertz CT molecular complexity index is 477. The van der Waals surface area contributed by atoms with Crippen molar-refractivity contribution in [3.8, 4) is 0 Å². The van der Waals surface area contributed by atoms with Gasteiger partial charge in [-0.15, -0.1) is 0 Å². The van der Waals surface area contributed by atoms with Gasteiger partial charge in [-0.3, -0.25) is 9.59 Å². The average molecular weight is 260 g/mol. The topological polar surface area (TPSA) is 49.4 Å². The van der Waals surface area contributed by atoms with Crippen LogP contribution in [0.25, 0.3) is 0 Å². The standard InChI is InChI=1S/C15H20N2O2/c1-15(2,3)16-14(19)11-9-13(18)17(10-11)12-7-5-4-6-8-12/h4-8,11H,9-10H2,1-3H3,(H,16,19). The van der Waals surface area contributed by atoms with E-state index in [2.05, 4.69) is 5.32 Å². The second-order valence-electron chi connectivity index (χ2n) is 5.98. The minimum absolute atomic E-state index is 0.0141. The van der Waals surface area contributed by atoms with E-state index in [9.17, 15) is 9.59 Å². The molecule has 19 heavy (non-hydrogen) atoms. The summed E-state index contributed by atoms with van der Waals surface area (Å²) in [6.45, 7) is 6.29. The first-order valence-electron chi connectivity index (χ1n) is 6.54. The number of nitrogens with zero attached hydrogens (tertiary/aromatic N) is 1. The molecule has 1 fully saturated rings. The molecule has 4 heteroatoms. The Morgan fingerprint density at radius 3 is 2.47 bits per heavy atom. The lowest BCUT2D eigenvalue weighted by atomic mass is 10.0. The van der Waals surface area contributed by atoms with Gasteiger partial charge in [-0.25, -0.2) is 0 Å². The highest BCUT2D eigenvalue weighted by atomic mass is 16.2. The molecule has 0 saturated carbocycles. The van der Waals surface area contributed by atoms with Gasteiger partial charge in [-0.1, -0.05) is 18.2 Å². The van der Waals surface area contributed by atoms with Crippen LogP contribution in [0.2, 0.25) is 0 Å². The average Bonchev–Trinajstić information content (AvgIpc) is 2.70. The van der Waals surface area contributed by atoms with Crippen LogP contribution in [-0.2, 0) is 9.59 Å². The van der Waals surface area contributed by atoms with E-state index in [0.29, 0.717) is 6.54 Å². The first kappa shape index (κ1) is 13.6. The first-order chi connectivity index (χ1) is 8.87. The molecule has 1 N–H and O–H groups in total. The molecule has 1 aliphatic heterocycles. The maximum Gasteiger partial charge on any atom is 0.227 e. The number of carbonyl (C=O) groups is 2. The summed E-state index contributed by atoms with van der Waals surface area (Å²) in [4.78, 5) is 25.8. The van der Waals surface area contributed by atoms with E-state index in [1.54, 1.807) is 4.90 Å². The van der Waals surface area contributed by atoms with Gasteiger partial charge in [0.2, 0.25) is 11.8 Å². The van der Waals surface area contributed by atoms with Gasteiger partial charge in [-0.05, 0) is 32.9 Å². The maximum absolute atomic E-state index is 12.1. The van der Waals surface area contributed by atoms with Crippen molar-refractivity contribution in [3.63, 3.8) is 0 Å². The van der Waals surface area contributed by atoms with Crippen molar-refractivity contribution in [2.45, 2.75) is 32.7 Å². The Hall–Kier alpha value is -1.84. The molecule has 1 heterocycles. The molecule has 0 bridgehead atoms. The molecule has 0 spiro atoms. The van der Waals surface area contributed by atoms with Gasteiger partial charge in [0.1, 0.15) is 0 Å². The van der Waals surface area contributed by atoms with Gasteiger partial charge in [0.25, 0.3) is 0 Å². The summed E-state index contributed by atoms with van der Waals surface area (Å²) in [5.74, 6) is -0.286. The van der Waals surface area contributed by atoms with Crippen LogP contribution in [0.15, 0.2) is 30.3 Å². The van der Waals surface area contributed by atoms with Crippen LogP contribution in [-0.4, -0.2) is 23.9 Å². The largest absolute Gasteiger partial charge is 0.351 e. The van der Waals surface area contributed by atoms with Crippen LogP contribution in [0.4, 0.5) is 5.69 Å². The molecule has 0 radical (unpaired) electrons. The summed E-state index contributed by atoms with van der Waals surface area (Å²) in [7, 11) is 0. The van der Waals surface area contributed by atoms with E-state index in [-0.39, 0.29) is 29.7 Å². The van der Waals surface area contributed by atoms with Crippen LogP contribution in [0.1, 0.15) is 27.2 Å². The molecule has 1 unspecified atom stereocenters. The molecule has 4 nitrogen and oxygen atoms in total. The molecule has 1 aromatic carbocycles. The third-order valence-corrected chi connectivity index (χ3v) is 3.06. The quantitative estimate of drug-likeness (QED) is 0.883. The van der Waals surface area contributed by atoms with Crippen molar-refractivity contribution in [1.82, 2.24) is 5.32 Å². The Kier molecular flexibility index (Phi) is 3.60. The second kappa shape index (κ2) is 5.03. The summed E-state index contributed by atoms with van der Waals surface area (Å²) >= 11 is 0. The highest BCUT2D eigenvalue weighted by molar-refractivity contribution is 6.00. The third kappa shape index (κ3) is 3.34. The van der Waals surface area contributed by atoms with Crippen LogP contribution < -0.4 is 10.2 Å². The number of hydrogen-bond donors (Lipinski definition) is 1. The Labute approximate surface area is 113 Å².